The lowest BCUT2D eigenvalue weighted by Crippen LogP contribution is -2.39. The minimum atomic E-state index is -0.140. The van der Waals surface area contributed by atoms with E-state index in [-0.39, 0.29) is 12.5 Å². The van der Waals surface area contributed by atoms with Crippen molar-refractivity contribution >= 4 is 17.3 Å². The Balaban J connectivity index is 2.07. The minimum Gasteiger partial charge on any atom is -0.497 e. The van der Waals surface area contributed by atoms with E-state index in [1.54, 1.807) is 32.4 Å². The zero-order chi connectivity index (χ0) is 16.8. The first-order valence-electron chi connectivity index (χ1n) is 7.22. The van der Waals surface area contributed by atoms with E-state index in [9.17, 15) is 4.79 Å². The highest BCUT2D eigenvalue weighted by molar-refractivity contribution is 5.91. The van der Waals surface area contributed by atoms with Gasteiger partial charge in [0.15, 0.2) is 12.4 Å². The number of anilines is 2. The maximum Gasteiger partial charge on any atom is 0.290 e. The number of rotatable bonds is 6. The zero-order valence-corrected chi connectivity index (χ0v) is 13.9. The van der Waals surface area contributed by atoms with Crippen LogP contribution < -0.4 is 24.3 Å². The lowest BCUT2D eigenvalue weighted by Gasteiger charge is -2.11. The van der Waals surface area contributed by atoms with Gasteiger partial charge in [-0.1, -0.05) is 0 Å². The topological polar surface area (TPSA) is 54.7 Å². The number of nitrogens with zero attached hydrogens (tertiary/aromatic N) is 2. The van der Waals surface area contributed by atoms with Crippen LogP contribution in [0.15, 0.2) is 42.7 Å². The fraction of sp³-hybridized carbons (Fsp3) is 0.294. The van der Waals surface area contributed by atoms with Gasteiger partial charge in [0.25, 0.3) is 5.91 Å². The van der Waals surface area contributed by atoms with Crippen LogP contribution in [0.25, 0.3) is 0 Å². The Morgan fingerprint density at radius 1 is 1.13 bits per heavy atom. The summed E-state index contributed by atoms with van der Waals surface area (Å²) in [4.78, 5) is 14.2. The molecule has 0 unspecified atom stereocenters. The number of methoxy groups -OCH3 is 2. The van der Waals surface area contributed by atoms with Gasteiger partial charge in [0.1, 0.15) is 11.5 Å². The van der Waals surface area contributed by atoms with Crippen LogP contribution in [-0.2, 0) is 11.3 Å². The van der Waals surface area contributed by atoms with E-state index < -0.39 is 0 Å². The molecule has 1 aromatic carbocycles. The van der Waals surface area contributed by atoms with Gasteiger partial charge in [-0.25, -0.2) is 0 Å². The number of amides is 1. The molecule has 1 aromatic heterocycles. The first-order chi connectivity index (χ1) is 11.0. The maximum absolute atomic E-state index is 12.2. The normalized spacial score (nSPS) is 10.1. The van der Waals surface area contributed by atoms with Crippen LogP contribution in [0.2, 0.25) is 0 Å². The molecule has 0 aliphatic carbocycles. The molecule has 2 rings (SSSR count). The van der Waals surface area contributed by atoms with E-state index in [4.69, 9.17) is 9.47 Å². The van der Waals surface area contributed by atoms with Gasteiger partial charge in [-0.15, -0.1) is 0 Å². The van der Waals surface area contributed by atoms with Gasteiger partial charge in [0.2, 0.25) is 6.54 Å². The molecule has 1 N–H and O–H groups in total. The lowest BCUT2D eigenvalue weighted by molar-refractivity contribution is -0.684. The van der Waals surface area contributed by atoms with E-state index in [0.29, 0.717) is 17.2 Å². The molecule has 2 aromatic rings. The molecule has 6 nitrogen and oxygen atoms in total. The first-order valence-corrected chi connectivity index (χ1v) is 7.22. The van der Waals surface area contributed by atoms with Gasteiger partial charge in [-0.05, 0) is 12.1 Å². The van der Waals surface area contributed by atoms with Gasteiger partial charge < -0.3 is 19.7 Å². The highest BCUT2D eigenvalue weighted by Gasteiger charge is 2.13. The minimum absolute atomic E-state index is 0.140. The number of nitrogens with one attached hydrogen (secondary N) is 1. The molecular weight excluding hydrogens is 294 g/mol. The average Bonchev–Trinajstić information content (AvgIpc) is 2.55. The van der Waals surface area contributed by atoms with Crippen LogP contribution in [-0.4, -0.2) is 34.2 Å². The van der Waals surface area contributed by atoms with E-state index in [1.165, 1.54) is 0 Å². The molecule has 0 aliphatic heterocycles. The van der Waals surface area contributed by atoms with Crippen LogP contribution in [0.5, 0.6) is 11.5 Å². The molecular formula is C17H22N3O3+. The van der Waals surface area contributed by atoms with Crippen molar-refractivity contribution in [3.63, 3.8) is 0 Å². The quantitative estimate of drug-likeness (QED) is 0.824. The summed E-state index contributed by atoms with van der Waals surface area (Å²) in [5.41, 5.74) is 1.67. The Kier molecular flexibility index (Phi) is 5.41. The number of hydrogen-bond acceptors (Lipinski definition) is 4. The van der Waals surface area contributed by atoms with E-state index >= 15 is 0 Å². The van der Waals surface area contributed by atoms with Crippen molar-refractivity contribution in [3.05, 3.63) is 42.7 Å². The van der Waals surface area contributed by atoms with Crippen molar-refractivity contribution in [2.45, 2.75) is 6.54 Å². The van der Waals surface area contributed by atoms with Crippen molar-refractivity contribution in [1.82, 2.24) is 0 Å². The van der Waals surface area contributed by atoms with Crippen molar-refractivity contribution in [1.29, 1.82) is 0 Å². The first kappa shape index (κ1) is 16.6. The molecule has 0 radical (unpaired) electrons. The molecule has 6 heteroatoms. The van der Waals surface area contributed by atoms with Gasteiger partial charge in [-0.2, -0.15) is 4.57 Å². The summed E-state index contributed by atoms with van der Waals surface area (Å²) in [6.45, 7) is 0.216. The van der Waals surface area contributed by atoms with Crippen LogP contribution in [0.3, 0.4) is 0 Å². The molecule has 1 amide bonds. The Labute approximate surface area is 136 Å². The van der Waals surface area contributed by atoms with Crippen LogP contribution in [0.1, 0.15) is 0 Å². The molecule has 0 saturated carbocycles. The average molecular weight is 316 g/mol. The van der Waals surface area contributed by atoms with Crippen LogP contribution in [0.4, 0.5) is 11.4 Å². The summed E-state index contributed by atoms with van der Waals surface area (Å²) in [5.74, 6) is 1.11. The largest absolute Gasteiger partial charge is 0.497 e. The third-order valence-corrected chi connectivity index (χ3v) is 3.40. The van der Waals surface area contributed by atoms with E-state index in [0.717, 1.165) is 5.69 Å². The summed E-state index contributed by atoms with van der Waals surface area (Å²) >= 11 is 0. The maximum atomic E-state index is 12.2. The highest BCUT2D eigenvalue weighted by Crippen LogP contribution is 2.28. The van der Waals surface area contributed by atoms with Crippen molar-refractivity contribution < 1.29 is 18.8 Å². The number of ether oxygens (including phenoxy) is 2. The molecule has 0 spiro atoms. The monoisotopic (exact) mass is 316 g/mol. The van der Waals surface area contributed by atoms with Gasteiger partial charge in [0, 0.05) is 38.0 Å². The fourth-order valence-corrected chi connectivity index (χ4v) is 2.12. The molecule has 23 heavy (non-hydrogen) atoms. The molecule has 0 atom stereocenters. The number of carbonyl (C=O) groups excluding carboxylic acids is 1. The van der Waals surface area contributed by atoms with Gasteiger partial charge in [-0.3, -0.25) is 4.79 Å². The van der Waals surface area contributed by atoms with Crippen molar-refractivity contribution in [3.8, 4) is 11.5 Å². The van der Waals surface area contributed by atoms with E-state index in [1.807, 2.05) is 48.1 Å². The predicted octanol–water partition coefficient (Wildman–Crippen LogP) is 1.70. The second-order valence-electron chi connectivity index (χ2n) is 5.24. The Hall–Kier alpha value is -2.76. The Morgan fingerprint density at radius 2 is 1.83 bits per heavy atom. The van der Waals surface area contributed by atoms with Crippen LogP contribution in [0, 0.1) is 0 Å². The zero-order valence-electron chi connectivity index (χ0n) is 13.9. The fourth-order valence-electron chi connectivity index (χ4n) is 2.12. The number of benzene rings is 1. The summed E-state index contributed by atoms with van der Waals surface area (Å²) in [6, 6.07) is 9.19. The Morgan fingerprint density at radius 3 is 2.39 bits per heavy atom. The Bertz CT molecular complexity index is 669. The highest BCUT2D eigenvalue weighted by atomic mass is 16.5. The standard InChI is InChI=1S/C17H21N3O3/c1-19(2)13-7-9-20(10-8-13)12-17(21)18-15-11-14(22-3)5-6-16(15)23-4/h5-11H,12H2,1-4H3/p+1. The number of hydrogen-bond donors (Lipinski definition) is 1. The molecule has 0 aliphatic rings. The van der Waals surface area contributed by atoms with Gasteiger partial charge >= 0.3 is 0 Å². The van der Waals surface area contributed by atoms with Crippen molar-refractivity contribution in [2.75, 3.05) is 38.5 Å². The molecule has 122 valence electrons. The summed E-state index contributed by atoms with van der Waals surface area (Å²) in [6.07, 6.45) is 3.75. The SMILES string of the molecule is COc1ccc(OC)c(NC(=O)C[n+]2ccc(N(C)C)cc2)c1. The summed E-state index contributed by atoms with van der Waals surface area (Å²) < 4.78 is 12.2. The lowest BCUT2D eigenvalue weighted by atomic mass is 10.2. The molecule has 0 saturated heterocycles. The van der Waals surface area contributed by atoms with E-state index in [2.05, 4.69) is 5.32 Å². The summed E-state index contributed by atoms with van der Waals surface area (Å²) in [7, 11) is 7.09. The molecule has 1 heterocycles. The number of carbonyl (C=O) groups is 1. The van der Waals surface area contributed by atoms with Gasteiger partial charge in [0.05, 0.1) is 19.9 Å². The molecule has 0 bridgehead atoms. The number of pyridine rings is 1. The molecule has 0 fully saturated rings. The number of aromatic nitrogens is 1. The third kappa shape index (κ3) is 4.35. The second kappa shape index (κ2) is 7.49. The predicted molar refractivity (Wildman–Crippen MR) is 89.1 cm³/mol. The third-order valence-electron chi connectivity index (χ3n) is 3.40. The smallest absolute Gasteiger partial charge is 0.290 e. The van der Waals surface area contributed by atoms with Crippen LogP contribution >= 0.6 is 0 Å². The summed E-state index contributed by atoms with van der Waals surface area (Å²) in [5, 5.41) is 2.85. The second-order valence-corrected chi connectivity index (χ2v) is 5.24. The van der Waals surface area contributed by atoms with Crippen molar-refractivity contribution in [2.24, 2.45) is 0 Å².